The second-order valence-electron chi connectivity index (χ2n) is 9.32. The van der Waals surface area contributed by atoms with Crippen molar-refractivity contribution in [2.75, 3.05) is 13.1 Å². The first-order chi connectivity index (χ1) is 15.0. The molecular weight excluding hydrogens is 399 g/mol. The highest BCUT2D eigenvalue weighted by atomic mass is 19.1. The number of halogens is 1. The van der Waals surface area contributed by atoms with Crippen LogP contribution in [0, 0.1) is 11.7 Å². The highest BCUT2D eigenvalue weighted by molar-refractivity contribution is 5.17. The molecular formula is C23H29FN4O3. The number of nitrogens with zero attached hydrogens (tertiary/aromatic N) is 4. The van der Waals surface area contributed by atoms with Crippen LogP contribution >= 0.6 is 0 Å². The molecule has 1 saturated carbocycles. The lowest BCUT2D eigenvalue weighted by molar-refractivity contribution is -0.0860. The van der Waals surface area contributed by atoms with E-state index in [4.69, 9.17) is 4.74 Å². The number of likely N-dealkylation sites (tertiary alicyclic amines) is 1. The topological polar surface area (TPSA) is 69.4 Å². The van der Waals surface area contributed by atoms with Crippen LogP contribution in [0.4, 0.5) is 4.39 Å². The molecule has 1 aromatic heterocycles. The number of rotatable bonds is 4. The van der Waals surface area contributed by atoms with Crippen LogP contribution in [0.5, 0.6) is 0 Å². The Morgan fingerprint density at radius 2 is 1.90 bits per heavy atom. The standard InChI is InChI=1S/C23H29FN4O3/c24-19-9-5-4-8-18(19)13-26-11-10-23(15-26)16-27-20(14-31-23)25-28(22(30)21(27)29)12-17-6-2-1-3-7-17/h4-5,8-9,17H,1-3,6-7,10-16H2/t23-/m1/s1. The summed E-state index contributed by atoms with van der Waals surface area (Å²) in [5.74, 6) is 0.731. The quantitative estimate of drug-likeness (QED) is 0.699. The monoisotopic (exact) mass is 428 g/mol. The molecule has 2 aliphatic heterocycles. The maximum Gasteiger partial charge on any atom is 0.332 e. The lowest BCUT2D eigenvalue weighted by Crippen LogP contribution is -2.53. The van der Waals surface area contributed by atoms with Gasteiger partial charge >= 0.3 is 11.1 Å². The molecule has 1 aliphatic carbocycles. The maximum absolute atomic E-state index is 14.0. The summed E-state index contributed by atoms with van der Waals surface area (Å²) in [4.78, 5) is 27.8. The zero-order valence-electron chi connectivity index (χ0n) is 17.8. The first-order valence-corrected chi connectivity index (χ1v) is 11.3. The van der Waals surface area contributed by atoms with E-state index in [2.05, 4.69) is 10.00 Å². The number of hydrogen-bond acceptors (Lipinski definition) is 5. The van der Waals surface area contributed by atoms with Gasteiger partial charge in [0.15, 0.2) is 5.82 Å². The summed E-state index contributed by atoms with van der Waals surface area (Å²) in [5.41, 5.74) is -0.921. The van der Waals surface area contributed by atoms with Crippen molar-refractivity contribution in [3.63, 3.8) is 0 Å². The van der Waals surface area contributed by atoms with Crippen molar-refractivity contribution < 1.29 is 9.13 Å². The Hall–Kier alpha value is -2.32. The molecule has 1 aromatic carbocycles. The summed E-state index contributed by atoms with van der Waals surface area (Å²) in [6.45, 7) is 2.91. The van der Waals surface area contributed by atoms with Crippen LogP contribution in [0.25, 0.3) is 0 Å². The number of aromatic nitrogens is 3. The Labute approximate surface area is 180 Å². The van der Waals surface area contributed by atoms with E-state index >= 15 is 0 Å². The van der Waals surface area contributed by atoms with Crippen LogP contribution in [-0.4, -0.2) is 37.9 Å². The summed E-state index contributed by atoms with van der Waals surface area (Å²) < 4.78 is 23.1. The molecule has 31 heavy (non-hydrogen) atoms. The molecule has 1 atom stereocenters. The van der Waals surface area contributed by atoms with Crippen LogP contribution in [-0.2, 0) is 31.0 Å². The van der Waals surface area contributed by atoms with Crippen molar-refractivity contribution in [1.29, 1.82) is 0 Å². The van der Waals surface area contributed by atoms with Crippen molar-refractivity contribution in [1.82, 2.24) is 19.2 Å². The van der Waals surface area contributed by atoms with E-state index in [0.717, 1.165) is 25.8 Å². The van der Waals surface area contributed by atoms with Gasteiger partial charge in [0.1, 0.15) is 18.0 Å². The van der Waals surface area contributed by atoms with Crippen molar-refractivity contribution >= 4 is 0 Å². The van der Waals surface area contributed by atoms with Gasteiger partial charge in [-0.15, -0.1) is 0 Å². The molecule has 8 heteroatoms. The molecule has 1 saturated heterocycles. The van der Waals surface area contributed by atoms with E-state index in [1.165, 1.54) is 34.6 Å². The van der Waals surface area contributed by atoms with Gasteiger partial charge in [-0.2, -0.15) is 5.10 Å². The van der Waals surface area contributed by atoms with Gasteiger partial charge in [-0.1, -0.05) is 37.5 Å². The molecule has 166 valence electrons. The molecule has 2 aromatic rings. The lowest BCUT2D eigenvalue weighted by atomic mass is 9.89. The van der Waals surface area contributed by atoms with Gasteiger partial charge in [-0.3, -0.25) is 19.1 Å². The van der Waals surface area contributed by atoms with E-state index < -0.39 is 16.7 Å². The van der Waals surface area contributed by atoms with Crippen molar-refractivity contribution in [2.45, 2.75) is 70.4 Å². The Morgan fingerprint density at radius 1 is 1.10 bits per heavy atom. The van der Waals surface area contributed by atoms with E-state index in [1.54, 1.807) is 12.1 Å². The Kier molecular flexibility index (Phi) is 5.52. The smallest absolute Gasteiger partial charge is 0.332 e. The van der Waals surface area contributed by atoms with Gasteiger partial charge in [-0.25, -0.2) is 9.07 Å². The zero-order chi connectivity index (χ0) is 21.4. The number of benzene rings is 1. The lowest BCUT2D eigenvalue weighted by Gasteiger charge is -2.35. The summed E-state index contributed by atoms with van der Waals surface area (Å²) in [6.07, 6.45) is 6.51. The first-order valence-electron chi connectivity index (χ1n) is 11.3. The third-order valence-electron chi connectivity index (χ3n) is 7.07. The van der Waals surface area contributed by atoms with Crippen LogP contribution in [0.15, 0.2) is 33.9 Å². The minimum Gasteiger partial charge on any atom is -0.364 e. The van der Waals surface area contributed by atoms with Gasteiger partial charge in [0.05, 0.1) is 6.54 Å². The number of hydrogen-bond donors (Lipinski definition) is 0. The average molecular weight is 429 g/mol. The molecule has 3 aliphatic rings. The van der Waals surface area contributed by atoms with Gasteiger partial charge in [0.25, 0.3) is 0 Å². The number of fused-ring (bicyclic) bond motifs is 1. The first kappa shape index (κ1) is 20.6. The molecule has 0 radical (unpaired) electrons. The van der Waals surface area contributed by atoms with Gasteiger partial charge in [-0.05, 0) is 31.2 Å². The van der Waals surface area contributed by atoms with Crippen LogP contribution in [0.1, 0.15) is 49.9 Å². The van der Waals surface area contributed by atoms with E-state index in [1.807, 2.05) is 6.07 Å². The molecule has 0 N–H and O–H groups in total. The van der Waals surface area contributed by atoms with Crippen LogP contribution < -0.4 is 11.1 Å². The fourth-order valence-electron chi connectivity index (χ4n) is 5.32. The molecule has 0 bridgehead atoms. The van der Waals surface area contributed by atoms with E-state index in [9.17, 15) is 14.0 Å². The van der Waals surface area contributed by atoms with E-state index in [0.29, 0.717) is 43.5 Å². The SMILES string of the molecule is O=c1c(=O)n2c(nn1CC1CCCCC1)CO[C@@]1(CCN(Cc3ccccc3F)C1)C2. The summed E-state index contributed by atoms with van der Waals surface area (Å²) in [5, 5.41) is 4.50. The van der Waals surface area contributed by atoms with Crippen LogP contribution in [0.3, 0.4) is 0 Å². The number of ether oxygens (including phenoxy) is 1. The minimum absolute atomic E-state index is 0.211. The summed E-state index contributed by atoms with van der Waals surface area (Å²) in [6, 6.07) is 6.78. The van der Waals surface area contributed by atoms with Crippen molar-refractivity contribution in [2.24, 2.45) is 5.92 Å². The second-order valence-corrected chi connectivity index (χ2v) is 9.32. The Bertz CT molecular complexity index is 1080. The molecule has 3 heterocycles. The molecule has 2 fully saturated rings. The largest absolute Gasteiger partial charge is 0.364 e. The summed E-state index contributed by atoms with van der Waals surface area (Å²) >= 11 is 0. The van der Waals surface area contributed by atoms with Crippen molar-refractivity contribution in [3.8, 4) is 0 Å². The van der Waals surface area contributed by atoms with Crippen LogP contribution in [0.2, 0.25) is 0 Å². The van der Waals surface area contributed by atoms with Gasteiger partial charge in [0.2, 0.25) is 0 Å². The normalized spacial score (nSPS) is 24.5. The zero-order valence-corrected chi connectivity index (χ0v) is 17.8. The summed E-state index contributed by atoms with van der Waals surface area (Å²) in [7, 11) is 0. The second kappa shape index (κ2) is 8.31. The van der Waals surface area contributed by atoms with Gasteiger partial charge in [0, 0.05) is 31.7 Å². The third-order valence-corrected chi connectivity index (χ3v) is 7.07. The Morgan fingerprint density at radius 3 is 2.71 bits per heavy atom. The van der Waals surface area contributed by atoms with Gasteiger partial charge < -0.3 is 4.74 Å². The Balaban J connectivity index is 1.32. The molecule has 1 spiro atoms. The average Bonchev–Trinajstić information content (AvgIpc) is 3.17. The predicted molar refractivity (Wildman–Crippen MR) is 113 cm³/mol. The third kappa shape index (κ3) is 4.11. The molecule has 0 unspecified atom stereocenters. The highest BCUT2D eigenvalue weighted by Gasteiger charge is 2.43. The van der Waals surface area contributed by atoms with Crippen molar-refractivity contribution in [3.05, 3.63) is 62.2 Å². The highest BCUT2D eigenvalue weighted by Crippen LogP contribution is 2.32. The molecule has 7 nitrogen and oxygen atoms in total. The predicted octanol–water partition coefficient (Wildman–Crippen LogP) is 2.30. The fourth-order valence-corrected chi connectivity index (χ4v) is 5.32. The van der Waals surface area contributed by atoms with E-state index in [-0.39, 0.29) is 12.4 Å². The molecule has 0 amide bonds. The maximum atomic E-state index is 14.0. The molecule has 5 rings (SSSR count). The fraction of sp³-hybridized carbons (Fsp3) is 0.609. The minimum atomic E-state index is -0.536.